The van der Waals surface area contributed by atoms with E-state index in [2.05, 4.69) is 19.2 Å². The van der Waals surface area contributed by atoms with Gasteiger partial charge in [0.2, 0.25) is 0 Å². The van der Waals surface area contributed by atoms with E-state index in [-0.39, 0.29) is 11.4 Å². The van der Waals surface area contributed by atoms with Gasteiger partial charge in [0.25, 0.3) is 5.91 Å². The molecule has 0 saturated carbocycles. The minimum atomic E-state index is -1.05. The number of carbonyl (C=O) groups is 1. The summed E-state index contributed by atoms with van der Waals surface area (Å²) in [6, 6.07) is 7.62. The minimum absolute atomic E-state index is 0.356. The molecule has 5 heteroatoms. The average Bonchev–Trinajstić information content (AvgIpc) is 2.30. The monoisotopic (exact) mass is 335 g/mol. The van der Waals surface area contributed by atoms with Crippen molar-refractivity contribution in [2.75, 3.05) is 0 Å². The molecule has 1 rings (SSSR count). The Balaban J connectivity index is 2.87. The number of nitrogens with one attached hydrogen (secondary N) is 1. The molecular weight excluding hydrogens is 317 g/mol. The first-order chi connectivity index (χ1) is 9.22. The Bertz CT molecular complexity index is 445. The molecule has 20 heavy (non-hydrogen) atoms. The maximum Gasteiger partial charge on any atom is 0.253 e. The van der Waals surface area contributed by atoms with Crippen LogP contribution in [0.3, 0.4) is 0 Å². The van der Waals surface area contributed by atoms with Gasteiger partial charge >= 0.3 is 0 Å². The second-order valence-corrected chi connectivity index (χ2v) is 7.28. The zero-order valence-electron chi connectivity index (χ0n) is 11.9. The normalized spacial score (nSPS) is 14.4. The molecule has 0 aliphatic rings. The van der Waals surface area contributed by atoms with Crippen molar-refractivity contribution >= 4 is 40.7 Å². The number of hydrogen-bond donors (Lipinski definition) is 1. The molecular formula is C15H20Cl3NO. The van der Waals surface area contributed by atoms with E-state index < -0.39 is 4.84 Å². The Labute approximate surface area is 135 Å². The Morgan fingerprint density at radius 3 is 2.25 bits per heavy atom. The van der Waals surface area contributed by atoms with E-state index in [0.29, 0.717) is 17.4 Å². The van der Waals surface area contributed by atoms with Gasteiger partial charge in [-0.2, -0.15) is 0 Å². The van der Waals surface area contributed by atoms with E-state index in [4.69, 9.17) is 34.8 Å². The predicted octanol–water partition coefficient (Wildman–Crippen LogP) is 4.61. The average molecular weight is 337 g/mol. The molecule has 1 amide bonds. The Kier molecular flexibility index (Phi) is 6.63. The predicted molar refractivity (Wildman–Crippen MR) is 86.7 cm³/mol. The van der Waals surface area contributed by atoms with Gasteiger partial charge in [0, 0.05) is 10.6 Å². The molecule has 1 aromatic carbocycles. The van der Waals surface area contributed by atoms with Gasteiger partial charge in [-0.3, -0.25) is 4.79 Å². The van der Waals surface area contributed by atoms with E-state index in [0.717, 1.165) is 12.0 Å². The van der Waals surface area contributed by atoms with Crippen molar-refractivity contribution in [3.8, 4) is 0 Å². The molecule has 1 aromatic rings. The Hall–Kier alpha value is -0.440. The Morgan fingerprint density at radius 2 is 1.80 bits per heavy atom. The largest absolute Gasteiger partial charge is 0.348 e. The molecule has 0 bridgehead atoms. The van der Waals surface area contributed by atoms with Crippen molar-refractivity contribution in [1.29, 1.82) is 0 Å². The SMILES string of the molecule is CC(C)CC(C)(Cc1ccc(Cl)cc1)NC(=O)C(Cl)Cl. The molecule has 0 spiro atoms. The van der Waals surface area contributed by atoms with Crippen LogP contribution in [0.2, 0.25) is 5.02 Å². The standard InChI is InChI=1S/C15H20Cl3NO/c1-10(2)8-15(3,19-14(20)13(17)18)9-11-4-6-12(16)7-5-11/h4-7,10,13H,8-9H2,1-3H3,(H,19,20). The molecule has 0 saturated heterocycles. The summed E-state index contributed by atoms with van der Waals surface area (Å²) in [5.41, 5.74) is 0.722. The van der Waals surface area contributed by atoms with Crippen LogP contribution in [0.1, 0.15) is 32.8 Å². The summed E-state index contributed by atoms with van der Waals surface area (Å²) in [5.74, 6) is 0.0853. The van der Waals surface area contributed by atoms with Gasteiger partial charge in [-0.1, -0.05) is 60.8 Å². The van der Waals surface area contributed by atoms with Gasteiger partial charge in [-0.25, -0.2) is 0 Å². The number of hydrogen-bond acceptors (Lipinski definition) is 1. The highest BCUT2D eigenvalue weighted by Crippen LogP contribution is 2.23. The second kappa shape index (κ2) is 7.53. The lowest BCUT2D eigenvalue weighted by molar-refractivity contribution is -0.121. The quantitative estimate of drug-likeness (QED) is 0.755. The lowest BCUT2D eigenvalue weighted by Crippen LogP contribution is -2.50. The fraction of sp³-hybridized carbons (Fsp3) is 0.533. The van der Waals surface area contributed by atoms with Crippen LogP contribution in [0.15, 0.2) is 24.3 Å². The minimum Gasteiger partial charge on any atom is -0.348 e. The van der Waals surface area contributed by atoms with Crippen molar-refractivity contribution in [1.82, 2.24) is 5.32 Å². The van der Waals surface area contributed by atoms with Crippen LogP contribution >= 0.6 is 34.8 Å². The number of rotatable bonds is 6. The third-order valence-corrected chi connectivity index (χ3v) is 3.64. The van der Waals surface area contributed by atoms with E-state index in [9.17, 15) is 4.79 Å². The summed E-state index contributed by atoms with van der Waals surface area (Å²) < 4.78 is 0. The lowest BCUT2D eigenvalue weighted by Gasteiger charge is -2.33. The van der Waals surface area contributed by atoms with Crippen molar-refractivity contribution in [2.45, 2.75) is 44.0 Å². The lowest BCUT2D eigenvalue weighted by atomic mass is 9.85. The molecule has 1 atom stereocenters. The van der Waals surface area contributed by atoms with Gasteiger partial charge in [0.1, 0.15) is 0 Å². The van der Waals surface area contributed by atoms with Crippen molar-refractivity contribution in [2.24, 2.45) is 5.92 Å². The number of benzene rings is 1. The third kappa shape index (κ3) is 5.90. The molecule has 1 unspecified atom stereocenters. The van der Waals surface area contributed by atoms with Crippen LogP contribution < -0.4 is 5.32 Å². The number of alkyl halides is 2. The summed E-state index contributed by atoms with van der Waals surface area (Å²) >= 11 is 17.1. The summed E-state index contributed by atoms with van der Waals surface area (Å²) in [4.78, 5) is 10.7. The van der Waals surface area contributed by atoms with Crippen LogP contribution in [0.4, 0.5) is 0 Å². The molecule has 0 aliphatic carbocycles. The van der Waals surface area contributed by atoms with Crippen LogP contribution in [-0.2, 0) is 11.2 Å². The molecule has 0 fully saturated rings. The highest BCUT2D eigenvalue weighted by Gasteiger charge is 2.29. The number of halogens is 3. The van der Waals surface area contributed by atoms with Crippen LogP contribution in [0.25, 0.3) is 0 Å². The Morgan fingerprint density at radius 1 is 1.25 bits per heavy atom. The van der Waals surface area contributed by atoms with Crippen molar-refractivity contribution in [3.63, 3.8) is 0 Å². The molecule has 0 radical (unpaired) electrons. The van der Waals surface area contributed by atoms with E-state index in [1.807, 2.05) is 31.2 Å². The van der Waals surface area contributed by atoms with Gasteiger partial charge < -0.3 is 5.32 Å². The molecule has 0 aromatic heterocycles. The van der Waals surface area contributed by atoms with Gasteiger partial charge in [-0.15, -0.1) is 0 Å². The maximum atomic E-state index is 11.8. The number of carbonyl (C=O) groups excluding carboxylic acids is 1. The van der Waals surface area contributed by atoms with Crippen LogP contribution in [0.5, 0.6) is 0 Å². The molecule has 0 aliphatic heterocycles. The van der Waals surface area contributed by atoms with Gasteiger partial charge in [-0.05, 0) is 43.4 Å². The van der Waals surface area contributed by atoms with Crippen LogP contribution in [0, 0.1) is 5.92 Å². The molecule has 0 heterocycles. The topological polar surface area (TPSA) is 29.1 Å². The molecule has 2 nitrogen and oxygen atoms in total. The summed E-state index contributed by atoms with van der Waals surface area (Å²) in [6.45, 7) is 6.24. The smallest absolute Gasteiger partial charge is 0.253 e. The van der Waals surface area contributed by atoms with E-state index in [1.54, 1.807) is 0 Å². The molecule has 1 N–H and O–H groups in total. The molecule has 112 valence electrons. The maximum absolute atomic E-state index is 11.8. The van der Waals surface area contributed by atoms with Crippen molar-refractivity contribution in [3.05, 3.63) is 34.9 Å². The van der Waals surface area contributed by atoms with E-state index >= 15 is 0 Å². The van der Waals surface area contributed by atoms with Gasteiger partial charge in [0.05, 0.1) is 0 Å². The zero-order chi connectivity index (χ0) is 15.3. The second-order valence-electron chi connectivity index (χ2n) is 5.75. The summed E-state index contributed by atoms with van der Waals surface area (Å²) in [6.07, 6.45) is 1.54. The third-order valence-electron chi connectivity index (χ3n) is 2.99. The first-order valence-electron chi connectivity index (χ1n) is 6.56. The van der Waals surface area contributed by atoms with E-state index in [1.165, 1.54) is 0 Å². The first kappa shape index (κ1) is 17.6. The fourth-order valence-corrected chi connectivity index (χ4v) is 2.71. The van der Waals surface area contributed by atoms with Crippen molar-refractivity contribution < 1.29 is 4.79 Å². The zero-order valence-corrected chi connectivity index (χ0v) is 14.2. The van der Waals surface area contributed by atoms with Gasteiger partial charge in [0.15, 0.2) is 4.84 Å². The number of amides is 1. The highest BCUT2D eigenvalue weighted by atomic mass is 35.5. The summed E-state index contributed by atoms with van der Waals surface area (Å²) in [7, 11) is 0. The first-order valence-corrected chi connectivity index (χ1v) is 7.81. The fourth-order valence-electron chi connectivity index (χ4n) is 2.47. The highest BCUT2D eigenvalue weighted by molar-refractivity contribution is 6.53. The van der Waals surface area contributed by atoms with Crippen LogP contribution in [-0.4, -0.2) is 16.3 Å². The summed E-state index contributed by atoms with van der Waals surface area (Å²) in [5, 5.41) is 3.65.